The summed E-state index contributed by atoms with van der Waals surface area (Å²) in [4.78, 5) is 14.0. The monoisotopic (exact) mass is 325 g/mol. The second kappa shape index (κ2) is 6.76. The molecule has 1 heterocycles. The van der Waals surface area contributed by atoms with Gasteiger partial charge >= 0.3 is 0 Å². The molecule has 2 N–H and O–H groups in total. The fraction of sp³-hybridized carbons (Fsp3) is 0.533. The molecule has 2 rings (SSSR count). The number of fused-ring (bicyclic) bond motifs is 1. The first-order chi connectivity index (χ1) is 10.5. The summed E-state index contributed by atoms with van der Waals surface area (Å²) in [6, 6.07) is 5.01. The lowest BCUT2D eigenvalue weighted by atomic mass is 10.2. The van der Waals surface area contributed by atoms with E-state index >= 15 is 0 Å². The Kier molecular flexibility index (Phi) is 5.20. The predicted octanol–water partition coefficient (Wildman–Crippen LogP) is 0.955. The zero-order valence-corrected chi connectivity index (χ0v) is 13.9. The molecule has 0 saturated carbocycles. The smallest absolute Gasteiger partial charge is 0.243 e. The zero-order chi connectivity index (χ0) is 16.3. The molecule has 0 saturated heterocycles. The van der Waals surface area contributed by atoms with Crippen molar-refractivity contribution in [1.29, 1.82) is 0 Å². The third kappa shape index (κ3) is 3.02. The van der Waals surface area contributed by atoms with Crippen LogP contribution in [0.3, 0.4) is 0 Å². The lowest BCUT2D eigenvalue weighted by Gasteiger charge is -2.20. The predicted molar refractivity (Wildman–Crippen MR) is 86.3 cm³/mol. The first-order valence-electron chi connectivity index (χ1n) is 7.59. The van der Waals surface area contributed by atoms with Crippen LogP contribution < -0.4 is 10.6 Å². The molecule has 122 valence electrons. The van der Waals surface area contributed by atoms with Gasteiger partial charge in [0.15, 0.2) is 0 Å². The molecule has 6 nitrogen and oxygen atoms in total. The molecule has 1 aromatic rings. The summed E-state index contributed by atoms with van der Waals surface area (Å²) in [5.41, 5.74) is 7.13. The van der Waals surface area contributed by atoms with Crippen LogP contribution in [0.2, 0.25) is 0 Å². The highest BCUT2D eigenvalue weighted by molar-refractivity contribution is 7.89. The van der Waals surface area contributed by atoms with E-state index in [4.69, 9.17) is 5.73 Å². The Morgan fingerprint density at radius 3 is 2.59 bits per heavy atom. The van der Waals surface area contributed by atoms with E-state index in [1.807, 2.05) is 13.8 Å². The van der Waals surface area contributed by atoms with Crippen molar-refractivity contribution in [3.8, 4) is 0 Å². The van der Waals surface area contributed by atoms with Gasteiger partial charge in [-0.05, 0) is 30.2 Å². The second-order valence-electron chi connectivity index (χ2n) is 5.21. The number of hydrogen-bond acceptors (Lipinski definition) is 4. The molecular formula is C15H23N3O3S. The number of nitrogens with two attached hydrogens (primary N) is 1. The minimum absolute atomic E-state index is 0.0133. The summed E-state index contributed by atoms with van der Waals surface area (Å²) >= 11 is 0. The molecule has 1 aliphatic rings. The third-order valence-electron chi connectivity index (χ3n) is 3.95. The Morgan fingerprint density at radius 1 is 1.32 bits per heavy atom. The number of carbonyl (C=O) groups excluding carboxylic acids is 1. The molecule has 22 heavy (non-hydrogen) atoms. The van der Waals surface area contributed by atoms with E-state index in [2.05, 4.69) is 0 Å². The fourth-order valence-corrected chi connectivity index (χ4v) is 4.28. The number of rotatable bonds is 6. The van der Waals surface area contributed by atoms with Crippen LogP contribution in [0.4, 0.5) is 5.69 Å². The molecule has 0 fully saturated rings. The van der Waals surface area contributed by atoms with Crippen LogP contribution in [0.1, 0.15) is 25.8 Å². The molecule has 7 heteroatoms. The van der Waals surface area contributed by atoms with Gasteiger partial charge in [-0.15, -0.1) is 0 Å². The lowest BCUT2D eigenvalue weighted by Crippen LogP contribution is -2.31. The quantitative estimate of drug-likeness (QED) is 0.844. The maximum absolute atomic E-state index is 12.5. The van der Waals surface area contributed by atoms with Gasteiger partial charge in [0.2, 0.25) is 15.9 Å². The van der Waals surface area contributed by atoms with Crippen LogP contribution in [0.25, 0.3) is 0 Å². The van der Waals surface area contributed by atoms with Crippen molar-refractivity contribution in [1.82, 2.24) is 4.31 Å². The van der Waals surface area contributed by atoms with Crippen LogP contribution in [0.15, 0.2) is 23.1 Å². The zero-order valence-electron chi connectivity index (χ0n) is 13.1. The molecule has 1 amide bonds. The van der Waals surface area contributed by atoms with Crippen LogP contribution in [-0.4, -0.2) is 44.8 Å². The number of nitrogens with zero attached hydrogens (tertiary/aromatic N) is 2. The highest BCUT2D eigenvalue weighted by Crippen LogP contribution is 2.31. The Labute approximate surface area is 131 Å². The highest BCUT2D eigenvalue weighted by Gasteiger charge is 2.27. The largest absolute Gasteiger partial charge is 0.330 e. The maximum atomic E-state index is 12.5. The molecule has 1 aliphatic heterocycles. The molecule has 0 unspecified atom stereocenters. The van der Waals surface area contributed by atoms with Gasteiger partial charge in [-0.1, -0.05) is 13.8 Å². The van der Waals surface area contributed by atoms with E-state index in [0.717, 1.165) is 11.3 Å². The molecule has 0 spiro atoms. The number of anilines is 1. The van der Waals surface area contributed by atoms with E-state index in [1.165, 1.54) is 4.31 Å². The van der Waals surface area contributed by atoms with Crippen molar-refractivity contribution in [2.45, 2.75) is 31.6 Å². The van der Waals surface area contributed by atoms with Gasteiger partial charge in [0.05, 0.1) is 4.90 Å². The number of hydrogen-bond donors (Lipinski definition) is 1. The van der Waals surface area contributed by atoms with E-state index in [9.17, 15) is 13.2 Å². The van der Waals surface area contributed by atoms with Crippen molar-refractivity contribution in [3.05, 3.63) is 23.8 Å². The average molecular weight is 325 g/mol. The summed E-state index contributed by atoms with van der Waals surface area (Å²) in [7, 11) is -3.46. The van der Waals surface area contributed by atoms with Gasteiger partial charge in [-0.25, -0.2) is 8.42 Å². The summed E-state index contributed by atoms with van der Waals surface area (Å²) in [6.07, 6.45) is 0.978. The molecular weight excluding hydrogens is 302 g/mol. The molecule has 1 aromatic carbocycles. The van der Waals surface area contributed by atoms with Gasteiger partial charge in [-0.3, -0.25) is 4.79 Å². The second-order valence-corrected chi connectivity index (χ2v) is 7.15. The van der Waals surface area contributed by atoms with Crippen LogP contribution in [0, 0.1) is 0 Å². The summed E-state index contributed by atoms with van der Waals surface area (Å²) in [6.45, 7) is 5.43. The summed E-state index contributed by atoms with van der Waals surface area (Å²) in [5, 5.41) is 0. The van der Waals surface area contributed by atoms with Crippen LogP contribution in [0.5, 0.6) is 0 Å². The van der Waals surface area contributed by atoms with E-state index in [0.29, 0.717) is 43.9 Å². The Morgan fingerprint density at radius 2 is 2.00 bits per heavy atom. The Balaban J connectivity index is 2.33. The molecule has 0 aromatic heterocycles. The lowest BCUT2D eigenvalue weighted by molar-refractivity contribution is -0.118. The van der Waals surface area contributed by atoms with E-state index < -0.39 is 10.0 Å². The van der Waals surface area contributed by atoms with Crippen molar-refractivity contribution in [2.24, 2.45) is 5.73 Å². The first kappa shape index (κ1) is 16.9. The highest BCUT2D eigenvalue weighted by atomic mass is 32.2. The van der Waals surface area contributed by atoms with Crippen LogP contribution >= 0.6 is 0 Å². The normalized spacial score (nSPS) is 14.5. The van der Waals surface area contributed by atoms with Gasteiger partial charge in [0, 0.05) is 38.3 Å². The van der Waals surface area contributed by atoms with Gasteiger partial charge in [0.25, 0.3) is 0 Å². The SMILES string of the molecule is CCN(CC)S(=O)(=O)c1ccc2c(c1)CCN2C(=O)CCN. The molecule has 0 radical (unpaired) electrons. The number of benzene rings is 1. The summed E-state index contributed by atoms with van der Waals surface area (Å²) < 4.78 is 26.5. The summed E-state index contributed by atoms with van der Waals surface area (Å²) in [5.74, 6) is -0.0133. The number of carbonyl (C=O) groups is 1. The van der Waals surface area contributed by atoms with Crippen molar-refractivity contribution in [3.63, 3.8) is 0 Å². The van der Waals surface area contributed by atoms with Crippen molar-refractivity contribution < 1.29 is 13.2 Å². The molecule has 0 bridgehead atoms. The first-order valence-corrected chi connectivity index (χ1v) is 9.03. The topological polar surface area (TPSA) is 83.7 Å². The maximum Gasteiger partial charge on any atom is 0.243 e. The number of amides is 1. The van der Waals surface area contributed by atoms with Crippen LogP contribution in [-0.2, 0) is 21.2 Å². The van der Waals surface area contributed by atoms with E-state index in [1.54, 1.807) is 23.1 Å². The van der Waals surface area contributed by atoms with Gasteiger partial charge in [0.1, 0.15) is 0 Å². The van der Waals surface area contributed by atoms with Crippen molar-refractivity contribution in [2.75, 3.05) is 31.1 Å². The number of sulfonamides is 1. The van der Waals surface area contributed by atoms with Gasteiger partial charge in [-0.2, -0.15) is 4.31 Å². The Bertz CT molecular complexity index is 654. The minimum atomic E-state index is -3.46. The van der Waals surface area contributed by atoms with E-state index in [-0.39, 0.29) is 5.91 Å². The van der Waals surface area contributed by atoms with Gasteiger partial charge < -0.3 is 10.6 Å². The Hall–Kier alpha value is -1.44. The average Bonchev–Trinajstić information content (AvgIpc) is 2.91. The molecule has 0 aliphatic carbocycles. The third-order valence-corrected chi connectivity index (χ3v) is 5.99. The minimum Gasteiger partial charge on any atom is -0.330 e. The standard InChI is InChI=1S/C15H23N3O3S/c1-3-17(4-2)22(20,21)13-5-6-14-12(11-13)8-10-18(14)15(19)7-9-16/h5-6,11H,3-4,7-10,16H2,1-2H3. The fourth-order valence-electron chi connectivity index (χ4n) is 2.77. The molecule has 0 atom stereocenters. The van der Waals surface area contributed by atoms with Crippen molar-refractivity contribution >= 4 is 21.6 Å².